The maximum Gasteiger partial charge on any atom is 0.472 e. The molecule has 19 heteroatoms. The average Bonchev–Trinajstić information content (AvgIpc) is 1.04. The van der Waals surface area contributed by atoms with Crippen LogP contribution in [-0.2, 0) is 65.4 Å². The topological polar surface area (TPSA) is 237 Å². The predicted octanol–water partition coefficient (Wildman–Crippen LogP) is 22.0. The van der Waals surface area contributed by atoms with Gasteiger partial charge >= 0.3 is 39.5 Å². The number of unbranched alkanes of at least 4 members (excludes halogenated alkanes) is 31. The minimum Gasteiger partial charge on any atom is -0.462 e. The summed E-state index contributed by atoms with van der Waals surface area (Å²) in [7, 11) is -9.97. The lowest BCUT2D eigenvalue weighted by molar-refractivity contribution is -0.161. The van der Waals surface area contributed by atoms with E-state index >= 15 is 0 Å². The molecule has 5 atom stereocenters. The molecule has 0 saturated heterocycles. The van der Waals surface area contributed by atoms with Crippen molar-refractivity contribution >= 4 is 39.5 Å². The smallest absolute Gasteiger partial charge is 0.462 e. The highest BCUT2D eigenvalue weighted by molar-refractivity contribution is 7.47. The van der Waals surface area contributed by atoms with E-state index in [1.807, 2.05) is 18.2 Å². The summed E-state index contributed by atoms with van der Waals surface area (Å²) in [6, 6.07) is 0. The highest BCUT2D eigenvalue weighted by atomic mass is 31.2. The fraction of sp³-hybridized carbons (Fsp3) is 0.747. The van der Waals surface area contributed by atoms with Crippen LogP contribution in [0.15, 0.2) is 97.2 Å². The molecule has 0 bridgehead atoms. The highest BCUT2D eigenvalue weighted by Crippen LogP contribution is 2.45. The number of carbonyl (C=O) groups is 4. The molecule has 0 aromatic rings. The molecule has 0 rings (SSSR count). The summed E-state index contributed by atoms with van der Waals surface area (Å²) >= 11 is 0. The van der Waals surface area contributed by atoms with Crippen LogP contribution >= 0.6 is 15.6 Å². The molecular weight excluding hydrogens is 1280 g/mol. The van der Waals surface area contributed by atoms with E-state index in [0.717, 1.165) is 128 Å². The first-order chi connectivity index (χ1) is 47.7. The molecule has 0 spiro atoms. The van der Waals surface area contributed by atoms with Crippen molar-refractivity contribution < 1.29 is 80.2 Å². The Morgan fingerprint density at radius 3 is 0.908 bits per heavy atom. The van der Waals surface area contributed by atoms with Gasteiger partial charge < -0.3 is 33.8 Å². The molecule has 566 valence electrons. The van der Waals surface area contributed by atoms with Crippen molar-refractivity contribution in [2.45, 2.75) is 341 Å². The summed E-state index contributed by atoms with van der Waals surface area (Å²) in [6.07, 6.45) is 74.2. The molecule has 98 heavy (non-hydrogen) atoms. The number of hydrogen-bond acceptors (Lipinski definition) is 15. The van der Waals surface area contributed by atoms with E-state index in [0.29, 0.717) is 25.7 Å². The van der Waals surface area contributed by atoms with Crippen LogP contribution in [0.4, 0.5) is 0 Å². The van der Waals surface area contributed by atoms with E-state index in [1.54, 1.807) is 6.08 Å². The Bertz CT molecular complexity index is 2240. The minimum atomic E-state index is -4.99. The molecule has 0 aromatic heterocycles. The van der Waals surface area contributed by atoms with Gasteiger partial charge in [-0.2, -0.15) is 0 Å². The summed E-state index contributed by atoms with van der Waals surface area (Å²) in [5.41, 5.74) is 0. The normalized spacial score (nSPS) is 14.5. The van der Waals surface area contributed by atoms with Gasteiger partial charge in [-0.15, -0.1) is 0 Å². The lowest BCUT2D eigenvalue weighted by atomic mass is 10.0. The van der Waals surface area contributed by atoms with E-state index in [9.17, 15) is 43.2 Å². The van der Waals surface area contributed by atoms with Gasteiger partial charge in [-0.05, 0) is 83.5 Å². The highest BCUT2D eigenvalue weighted by Gasteiger charge is 2.30. The Balaban J connectivity index is 5.40. The maximum absolute atomic E-state index is 13.1. The summed E-state index contributed by atoms with van der Waals surface area (Å²) in [4.78, 5) is 72.8. The SMILES string of the molecule is CC/C=C\C/C=C\C/C=C\C/C=C\C/C=C\CC(=O)OCC(COP(=O)(O)OCC(O)COP(=O)(O)OCC(COC(=O)CCCCCCC/C=C\C/C=C\C/C=C\CC)OC(=O)CCCCCCCCCCCCCCC)OC(=O)CCCCCCCCCCCCCCCCC. The molecule has 0 radical (unpaired) electrons. The van der Waals surface area contributed by atoms with Gasteiger partial charge in [0.15, 0.2) is 12.2 Å². The molecule has 0 aromatic carbocycles. The van der Waals surface area contributed by atoms with Crippen molar-refractivity contribution in [3.05, 3.63) is 97.2 Å². The number of rotatable bonds is 72. The van der Waals surface area contributed by atoms with Crippen molar-refractivity contribution in [2.75, 3.05) is 39.6 Å². The zero-order chi connectivity index (χ0) is 71.8. The first-order valence-electron chi connectivity index (χ1n) is 38.5. The molecule has 3 N–H and O–H groups in total. The number of esters is 4. The van der Waals surface area contributed by atoms with Gasteiger partial charge in [0.25, 0.3) is 0 Å². The molecule has 17 nitrogen and oxygen atoms in total. The van der Waals surface area contributed by atoms with Crippen LogP contribution in [0.2, 0.25) is 0 Å². The lowest BCUT2D eigenvalue weighted by Gasteiger charge is -2.21. The fourth-order valence-electron chi connectivity index (χ4n) is 10.3. The van der Waals surface area contributed by atoms with Gasteiger partial charge in [0.2, 0.25) is 0 Å². The molecule has 0 saturated carbocycles. The predicted molar refractivity (Wildman–Crippen MR) is 399 cm³/mol. The quantitative estimate of drug-likeness (QED) is 0.0169. The first kappa shape index (κ1) is 94.0. The van der Waals surface area contributed by atoms with Gasteiger partial charge in [0.05, 0.1) is 32.8 Å². The van der Waals surface area contributed by atoms with Gasteiger partial charge in [-0.1, -0.05) is 311 Å². The van der Waals surface area contributed by atoms with E-state index < -0.39 is 97.5 Å². The number of phosphoric acid groups is 2. The van der Waals surface area contributed by atoms with Crippen LogP contribution in [0.3, 0.4) is 0 Å². The molecule has 0 heterocycles. The fourth-order valence-corrected chi connectivity index (χ4v) is 11.9. The zero-order valence-electron chi connectivity index (χ0n) is 61.7. The standard InChI is InChI=1S/C79H138O17P2/c1-5-9-13-17-21-25-29-33-36-40-43-47-51-55-59-63-76(81)89-69-74(95-78(83)65-61-57-53-49-45-39-32-28-24-20-16-12-8-4)71-93-97(85,86)91-67-73(80)68-92-98(87,88)94-72-75(96-79(84)66-62-58-54-50-46-42-38-35-31-27-23-19-15-11-7-3)70-90-77(82)64-60-56-52-48-44-41-37-34-30-26-22-18-14-10-6-2/h9-10,13-14,21-22,25-26,33-34,36-37,44,48,56,60,73-75,80H,5-8,11-12,15-20,23-24,27-32,35,38-43,45-47,49-55,57-59,61-72H2,1-4H3,(H,85,86)(H,87,88)/b13-9-,14-10-,25-21-,26-22-,36-33-,37-34-,48-44-,60-56-. The van der Waals surface area contributed by atoms with Crippen molar-refractivity contribution in [2.24, 2.45) is 0 Å². The van der Waals surface area contributed by atoms with Crippen LogP contribution in [0.1, 0.15) is 323 Å². The van der Waals surface area contributed by atoms with Crippen molar-refractivity contribution in [1.29, 1.82) is 0 Å². The lowest BCUT2D eigenvalue weighted by Crippen LogP contribution is -2.30. The second-order valence-electron chi connectivity index (χ2n) is 25.6. The largest absolute Gasteiger partial charge is 0.472 e. The third-order valence-corrected chi connectivity index (χ3v) is 18.0. The third kappa shape index (κ3) is 70.4. The Morgan fingerprint density at radius 1 is 0.306 bits per heavy atom. The number of allylic oxidation sites excluding steroid dienone is 15. The molecule has 0 aliphatic carbocycles. The van der Waals surface area contributed by atoms with Gasteiger partial charge in [0.1, 0.15) is 19.3 Å². The number of aliphatic hydroxyl groups excluding tert-OH is 1. The van der Waals surface area contributed by atoms with E-state index in [1.165, 1.54) is 116 Å². The zero-order valence-corrected chi connectivity index (χ0v) is 63.5. The molecule has 5 unspecified atom stereocenters. The Labute approximate surface area is 595 Å². The molecular formula is C79H138O17P2. The number of phosphoric ester groups is 2. The summed E-state index contributed by atoms with van der Waals surface area (Å²) in [6.45, 7) is 4.55. The summed E-state index contributed by atoms with van der Waals surface area (Å²) in [5.74, 6) is -2.32. The van der Waals surface area contributed by atoms with E-state index in [2.05, 4.69) is 101 Å². The third-order valence-electron chi connectivity index (χ3n) is 16.1. The van der Waals surface area contributed by atoms with Crippen molar-refractivity contribution in [1.82, 2.24) is 0 Å². The van der Waals surface area contributed by atoms with Crippen molar-refractivity contribution in [3.8, 4) is 0 Å². The van der Waals surface area contributed by atoms with E-state index in [4.69, 9.17) is 37.0 Å². The van der Waals surface area contributed by atoms with Gasteiger partial charge in [-0.25, -0.2) is 9.13 Å². The Morgan fingerprint density at radius 2 is 0.571 bits per heavy atom. The number of aliphatic hydroxyl groups is 1. The first-order valence-corrected chi connectivity index (χ1v) is 41.5. The van der Waals surface area contributed by atoms with Gasteiger partial charge in [0, 0.05) is 19.3 Å². The number of ether oxygens (including phenoxy) is 4. The Hall–Kier alpha value is -4.02. The van der Waals surface area contributed by atoms with Crippen LogP contribution < -0.4 is 0 Å². The summed E-state index contributed by atoms with van der Waals surface area (Å²) in [5, 5.41) is 10.6. The minimum absolute atomic E-state index is 0.0684. The second-order valence-corrected chi connectivity index (χ2v) is 28.5. The van der Waals surface area contributed by atoms with Crippen LogP contribution in [0.25, 0.3) is 0 Å². The Kier molecular flexibility index (Phi) is 68.4. The monoisotopic (exact) mass is 1420 g/mol. The van der Waals surface area contributed by atoms with Gasteiger partial charge in [-0.3, -0.25) is 37.3 Å². The number of hydrogen-bond donors (Lipinski definition) is 3. The maximum atomic E-state index is 13.1. The number of carbonyl (C=O) groups excluding carboxylic acids is 4. The van der Waals surface area contributed by atoms with Crippen molar-refractivity contribution in [3.63, 3.8) is 0 Å². The van der Waals surface area contributed by atoms with Crippen LogP contribution in [0, 0.1) is 0 Å². The van der Waals surface area contributed by atoms with E-state index in [-0.39, 0.29) is 25.7 Å². The van der Waals surface area contributed by atoms with Crippen LogP contribution in [0.5, 0.6) is 0 Å². The molecule has 0 amide bonds. The second kappa shape index (κ2) is 71.4. The molecule has 0 fully saturated rings. The summed E-state index contributed by atoms with van der Waals surface area (Å²) < 4.78 is 68.4. The molecule has 0 aliphatic rings. The van der Waals surface area contributed by atoms with Crippen LogP contribution in [-0.4, -0.2) is 96.7 Å². The molecule has 0 aliphatic heterocycles. The average molecular weight is 1420 g/mol.